The minimum Gasteiger partial charge on any atom is -0.494 e. The second-order valence-corrected chi connectivity index (χ2v) is 19.0. The fraction of sp³-hybridized carbons (Fsp3) is 0.585. The van der Waals surface area contributed by atoms with Crippen molar-refractivity contribution in [1.29, 1.82) is 0 Å². The first-order chi connectivity index (χ1) is 27.9. The van der Waals surface area contributed by atoms with E-state index in [9.17, 15) is 40.8 Å². The van der Waals surface area contributed by atoms with Crippen LogP contribution in [0.4, 0.5) is 18.0 Å². The molecule has 4 heterocycles. The van der Waals surface area contributed by atoms with E-state index in [1.807, 2.05) is 13.8 Å². The third-order valence-corrected chi connectivity index (χ3v) is 14.7. The fourth-order valence-electron chi connectivity index (χ4n) is 8.31. The molecular weight excluding hydrogens is 794 g/mol. The third-order valence-electron chi connectivity index (χ3n) is 12.5. The van der Waals surface area contributed by atoms with E-state index in [1.54, 1.807) is 13.0 Å². The number of nitrogens with one attached hydrogen (secondary N) is 3. The van der Waals surface area contributed by atoms with Crippen molar-refractivity contribution in [1.82, 2.24) is 30.1 Å². The number of methoxy groups -OCH3 is 1. The molecule has 3 fully saturated rings. The summed E-state index contributed by atoms with van der Waals surface area (Å²) in [4.78, 5) is 64.0. The maximum absolute atomic E-state index is 15.0. The lowest BCUT2D eigenvalue weighted by Crippen LogP contribution is -2.61. The van der Waals surface area contributed by atoms with Gasteiger partial charge in [-0.2, -0.15) is 0 Å². The number of hydrogen-bond donors (Lipinski definition) is 3. The Labute approximate surface area is 341 Å². The van der Waals surface area contributed by atoms with Crippen LogP contribution in [0, 0.1) is 17.7 Å². The average Bonchev–Trinajstić information content (AvgIpc) is 4.07. The van der Waals surface area contributed by atoms with E-state index < -0.39 is 86.6 Å². The van der Waals surface area contributed by atoms with Gasteiger partial charge in [-0.1, -0.05) is 33.1 Å². The quantitative estimate of drug-likeness (QED) is 0.306. The van der Waals surface area contributed by atoms with Gasteiger partial charge in [-0.15, -0.1) is 0 Å². The Hall–Kier alpha value is -4.87. The molecular formula is C41H51F3N6O8S. The number of halogens is 3. The van der Waals surface area contributed by atoms with E-state index in [1.165, 1.54) is 47.4 Å². The van der Waals surface area contributed by atoms with Gasteiger partial charge in [0.25, 0.3) is 11.8 Å². The van der Waals surface area contributed by atoms with Crippen molar-refractivity contribution in [3.8, 4) is 11.6 Å². The number of fused-ring (bicyclic) bond motifs is 3. The number of piperidine rings is 1. The topological polar surface area (TPSA) is 176 Å². The van der Waals surface area contributed by atoms with Crippen LogP contribution in [0.2, 0.25) is 0 Å². The summed E-state index contributed by atoms with van der Waals surface area (Å²) < 4.78 is 81.9. The molecule has 14 nitrogen and oxygen atoms in total. The molecule has 0 radical (unpaired) electrons. The van der Waals surface area contributed by atoms with E-state index in [-0.39, 0.29) is 48.3 Å². The molecule has 1 unspecified atom stereocenters. The molecule has 0 bridgehead atoms. The maximum atomic E-state index is 15.0. The lowest BCUT2D eigenvalue weighted by molar-refractivity contribution is -0.141. The Balaban J connectivity index is 1.24. The lowest BCUT2D eigenvalue weighted by atomic mass is 9.84. The van der Waals surface area contributed by atoms with Gasteiger partial charge < -0.3 is 29.9 Å². The zero-order valence-corrected chi connectivity index (χ0v) is 34.4. The van der Waals surface area contributed by atoms with Crippen LogP contribution in [0.5, 0.6) is 11.6 Å². The molecule has 5 atom stereocenters. The number of pyridine rings is 1. The minimum absolute atomic E-state index is 0.000825. The second kappa shape index (κ2) is 16.0. The zero-order valence-electron chi connectivity index (χ0n) is 33.6. The monoisotopic (exact) mass is 844 g/mol. The summed E-state index contributed by atoms with van der Waals surface area (Å²) in [5.74, 6) is -6.28. The summed E-state index contributed by atoms with van der Waals surface area (Å²) in [5.41, 5.74) is -1.23. The number of ether oxygens (including phenoxy) is 2. The van der Waals surface area contributed by atoms with Crippen molar-refractivity contribution >= 4 is 44.5 Å². The highest BCUT2D eigenvalue weighted by Crippen LogP contribution is 2.44. The molecule has 320 valence electrons. The SMILES string of the molecule is CC[C@@H]1C[C@H](C)CCCCC2=CC2(C(=O)NS(=O)(=O)C2(C)CC2)NC(=O)[C@@H]2C=C(Oc3nccc4cc(OC)c(F)cc34)CN2C(=O)[C@H]1NC(=O)N1CCC(F)(F)CC1. The second-order valence-electron chi connectivity index (χ2n) is 16.8. The summed E-state index contributed by atoms with van der Waals surface area (Å²) in [6.45, 7) is 4.75. The van der Waals surface area contributed by atoms with Gasteiger partial charge in [-0.05, 0) is 92.2 Å². The summed E-state index contributed by atoms with van der Waals surface area (Å²) in [5, 5.41) is 6.41. The Morgan fingerprint density at radius 3 is 2.51 bits per heavy atom. The molecule has 1 aromatic heterocycles. The first-order valence-electron chi connectivity index (χ1n) is 20.2. The summed E-state index contributed by atoms with van der Waals surface area (Å²) in [6, 6.07) is 0.981. The van der Waals surface area contributed by atoms with Crippen molar-refractivity contribution in [2.45, 2.75) is 113 Å². The normalized spacial score (nSPS) is 28.1. The standard InChI is InChI=1S/C41H51F3N6O8S/c1-5-25-18-24(2)8-6-7-9-27-22-41(27,37(53)48-59(55,56)39(3)11-12-39)47-34(51)31-20-28(58-35-29-21-30(42)32(57-4)19-26(29)10-15-45-35)23-50(31)36(52)33(25)46-38(54)49-16-13-40(43,44)14-17-49/h10,15,19-22,24-25,31,33H,5-9,11-14,16-18,23H2,1-4H3,(H,46,54)(H,47,51)(H,48,53)/t24-,25-,31+,33+,41?/m1/s1. The molecule has 1 aromatic carbocycles. The van der Waals surface area contributed by atoms with E-state index in [0.717, 1.165) is 12.8 Å². The summed E-state index contributed by atoms with van der Waals surface area (Å²) >= 11 is 0. The predicted octanol–water partition coefficient (Wildman–Crippen LogP) is 5.09. The minimum atomic E-state index is -4.08. The Kier molecular flexibility index (Phi) is 11.4. The molecule has 3 N–H and O–H groups in total. The van der Waals surface area contributed by atoms with Gasteiger partial charge in [-0.25, -0.2) is 36.1 Å². The van der Waals surface area contributed by atoms with Gasteiger partial charge in [0, 0.05) is 37.5 Å². The first kappa shape index (κ1) is 42.3. The van der Waals surface area contributed by atoms with Gasteiger partial charge in [0.1, 0.15) is 17.8 Å². The molecule has 0 spiro atoms. The van der Waals surface area contributed by atoms with Gasteiger partial charge in [-0.3, -0.25) is 14.4 Å². The molecule has 2 saturated heterocycles. The number of nitrogens with zero attached hydrogens (tertiary/aromatic N) is 3. The van der Waals surface area contributed by atoms with Gasteiger partial charge >= 0.3 is 6.03 Å². The highest BCUT2D eigenvalue weighted by Gasteiger charge is 2.57. The van der Waals surface area contributed by atoms with E-state index in [2.05, 4.69) is 20.3 Å². The Bertz CT molecular complexity index is 2200. The molecule has 7 rings (SSSR count). The number of likely N-dealkylation sites (tertiary alicyclic amines) is 1. The molecule has 5 amide bonds. The molecule has 5 aliphatic rings. The fourth-order valence-corrected chi connectivity index (χ4v) is 9.60. The van der Waals surface area contributed by atoms with Crippen molar-refractivity contribution in [2.75, 3.05) is 26.7 Å². The number of carbonyl (C=O) groups excluding carboxylic acids is 4. The van der Waals surface area contributed by atoms with Crippen LogP contribution in [0.3, 0.4) is 0 Å². The Morgan fingerprint density at radius 2 is 1.83 bits per heavy atom. The van der Waals surface area contributed by atoms with Gasteiger partial charge in [0.05, 0.1) is 18.4 Å². The van der Waals surface area contributed by atoms with E-state index >= 15 is 0 Å². The number of rotatable bonds is 8. The van der Waals surface area contributed by atoms with Crippen molar-refractivity contribution in [3.05, 3.63) is 53.7 Å². The van der Waals surface area contributed by atoms with Crippen LogP contribution in [-0.2, 0) is 24.4 Å². The number of benzene rings is 1. The van der Waals surface area contributed by atoms with E-state index in [4.69, 9.17) is 9.47 Å². The first-order valence-corrected chi connectivity index (χ1v) is 21.7. The molecule has 2 aromatic rings. The Morgan fingerprint density at radius 1 is 1.10 bits per heavy atom. The number of hydrogen-bond acceptors (Lipinski definition) is 9. The average molecular weight is 845 g/mol. The van der Waals surface area contributed by atoms with Gasteiger partial charge in [0.2, 0.25) is 27.7 Å². The number of sulfonamides is 1. The number of urea groups is 1. The van der Waals surface area contributed by atoms with Crippen molar-refractivity contribution < 1.29 is 50.2 Å². The zero-order chi connectivity index (χ0) is 42.5. The van der Waals surface area contributed by atoms with Gasteiger partial charge in [0.15, 0.2) is 17.1 Å². The smallest absolute Gasteiger partial charge is 0.318 e. The van der Waals surface area contributed by atoms with Crippen molar-refractivity contribution in [3.63, 3.8) is 0 Å². The number of alkyl halides is 2. The van der Waals surface area contributed by atoms with Crippen molar-refractivity contribution in [2.24, 2.45) is 11.8 Å². The predicted molar refractivity (Wildman–Crippen MR) is 210 cm³/mol. The van der Waals surface area contributed by atoms with Crippen LogP contribution in [0.25, 0.3) is 10.8 Å². The van der Waals surface area contributed by atoms with E-state index in [0.29, 0.717) is 49.5 Å². The number of carbonyl (C=O) groups is 4. The molecule has 2 aliphatic carbocycles. The molecule has 18 heteroatoms. The maximum Gasteiger partial charge on any atom is 0.318 e. The lowest BCUT2D eigenvalue weighted by Gasteiger charge is -2.37. The van der Waals surface area contributed by atoms with Crippen LogP contribution < -0.4 is 24.8 Å². The number of amides is 5. The molecule has 1 saturated carbocycles. The van der Waals surface area contributed by atoms with Crippen LogP contribution >= 0.6 is 0 Å². The highest BCUT2D eigenvalue weighted by molar-refractivity contribution is 7.91. The number of aromatic nitrogens is 1. The third kappa shape index (κ3) is 8.59. The van der Waals surface area contributed by atoms with Crippen LogP contribution in [-0.4, -0.2) is 102 Å². The summed E-state index contributed by atoms with van der Waals surface area (Å²) in [6.07, 6.45) is 7.58. The highest BCUT2D eigenvalue weighted by atomic mass is 32.2. The molecule has 3 aliphatic heterocycles. The molecule has 59 heavy (non-hydrogen) atoms. The largest absolute Gasteiger partial charge is 0.494 e. The summed E-state index contributed by atoms with van der Waals surface area (Å²) in [7, 11) is -2.75. The van der Waals surface area contributed by atoms with Crippen LogP contribution in [0.1, 0.15) is 85.0 Å². The van der Waals surface area contributed by atoms with Crippen LogP contribution in [0.15, 0.2) is 47.9 Å².